The van der Waals surface area contributed by atoms with Crippen molar-refractivity contribution in [2.45, 2.75) is 30.6 Å². The fraction of sp³-hybridized carbons (Fsp3) is 0.600. The number of hydrogen-bond acceptors (Lipinski definition) is 4. The Morgan fingerprint density at radius 3 is 3.00 bits per heavy atom. The molecule has 2 atom stereocenters. The molecule has 0 bridgehead atoms. The van der Waals surface area contributed by atoms with E-state index >= 15 is 0 Å². The lowest BCUT2D eigenvalue weighted by molar-refractivity contribution is 0.491. The lowest BCUT2D eigenvalue weighted by atomic mass is 9.95. The summed E-state index contributed by atoms with van der Waals surface area (Å²) in [6, 6.07) is 0.00343. The monoisotopic (exact) mass is 209 g/mol. The molecule has 2 N–H and O–H groups in total. The van der Waals surface area contributed by atoms with Gasteiger partial charge in [0.25, 0.3) is 0 Å². The van der Waals surface area contributed by atoms with Crippen LogP contribution in [0.1, 0.15) is 31.5 Å². The average molecular weight is 209 g/mol. The first-order chi connectivity index (χ1) is 6.72. The minimum Gasteiger partial charge on any atom is -0.321 e. The zero-order chi connectivity index (χ0) is 10.0. The first-order valence-corrected chi connectivity index (χ1v) is 5.86. The normalized spacial score (nSPS) is 29.0. The van der Waals surface area contributed by atoms with Crippen LogP contribution in [0.3, 0.4) is 0 Å². The minimum atomic E-state index is 0.00343. The predicted molar refractivity (Wildman–Crippen MR) is 59.1 cm³/mol. The molecule has 3 nitrogen and oxygen atoms in total. The van der Waals surface area contributed by atoms with Gasteiger partial charge in [0, 0.05) is 17.1 Å². The van der Waals surface area contributed by atoms with Crippen molar-refractivity contribution in [2.24, 2.45) is 5.73 Å². The van der Waals surface area contributed by atoms with Crippen LogP contribution in [-0.2, 0) is 0 Å². The molecule has 2 heterocycles. The Balaban J connectivity index is 2.19. The minimum absolute atomic E-state index is 0.00343. The van der Waals surface area contributed by atoms with E-state index in [1.807, 2.05) is 11.8 Å². The van der Waals surface area contributed by atoms with Crippen LogP contribution < -0.4 is 5.73 Å². The van der Waals surface area contributed by atoms with E-state index in [-0.39, 0.29) is 10.8 Å². The van der Waals surface area contributed by atoms with Crippen molar-refractivity contribution < 1.29 is 0 Å². The maximum Gasteiger partial charge on any atom is 0.0767 e. The van der Waals surface area contributed by atoms with Crippen molar-refractivity contribution in [3.63, 3.8) is 0 Å². The van der Waals surface area contributed by atoms with E-state index in [2.05, 4.69) is 16.9 Å². The van der Waals surface area contributed by atoms with Crippen LogP contribution in [0.15, 0.2) is 18.6 Å². The quantitative estimate of drug-likeness (QED) is 0.806. The fourth-order valence-corrected chi connectivity index (χ4v) is 3.17. The standard InChI is InChI=1S/C10H15N3S/c1-10(3-2-6-14-10)9(11)8-7-12-4-5-13-8/h4-5,7,9H,2-3,6,11H2,1H3. The van der Waals surface area contributed by atoms with Crippen molar-refractivity contribution in [3.8, 4) is 0 Å². The van der Waals surface area contributed by atoms with E-state index in [9.17, 15) is 0 Å². The third-order valence-corrected chi connectivity index (χ3v) is 4.42. The van der Waals surface area contributed by atoms with Crippen LogP contribution in [-0.4, -0.2) is 20.5 Å². The van der Waals surface area contributed by atoms with Gasteiger partial charge in [0.15, 0.2) is 0 Å². The molecule has 0 amide bonds. The Hall–Kier alpha value is -0.610. The Bertz CT molecular complexity index is 295. The summed E-state index contributed by atoms with van der Waals surface area (Å²) in [6.07, 6.45) is 7.60. The maximum atomic E-state index is 6.21. The molecule has 1 fully saturated rings. The van der Waals surface area contributed by atoms with Gasteiger partial charge in [0.2, 0.25) is 0 Å². The SMILES string of the molecule is CC1(C(N)c2cnccn2)CCCS1. The topological polar surface area (TPSA) is 51.8 Å². The van der Waals surface area contributed by atoms with E-state index in [1.165, 1.54) is 18.6 Å². The van der Waals surface area contributed by atoms with Crippen molar-refractivity contribution in [2.75, 3.05) is 5.75 Å². The summed E-state index contributed by atoms with van der Waals surface area (Å²) < 4.78 is 0.149. The third kappa shape index (κ3) is 1.77. The Morgan fingerprint density at radius 1 is 1.57 bits per heavy atom. The van der Waals surface area contributed by atoms with E-state index in [4.69, 9.17) is 5.73 Å². The van der Waals surface area contributed by atoms with Crippen LogP contribution in [0.4, 0.5) is 0 Å². The summed E-state index contributed by atoms with van der Waals surface area (Å²) in [5.41, 5.74) is 7.12. The summed E-state index contributed by atoms with van der Waals surface area (Å²) in [5.74, 6) is 1.21. The highest BCUT2D eigenvalue weighted by atomic mass is 32.2. The number of rotatable bonds is 2. The Labute approximate surface area is 88.5 Å². The summed E-state index contributed by atoms with van der Waals surface area (Å²) >= 11 is 1.95. The van der Waals surface area contributed by atoms with Crippen molar-refractivity contribution in [3.05, 3.63) is 24.3 Å². The average Bonchev–Trinajstić information content (AvgIpc) is 2.67. The second kappa shape index (κ2) is 3.87. The number of thioether (sulfide) groups is 1. The van der Waals surface area contributed by atoms with Crippen LogP contribution in [0, 0.1) is 0 Å². The van der Waals surface area contributed by atoms with Crippen LogP contribution in [0.2, 0.25) is 0 Å². The molecule has 2 unspecified atom stereocenters. The van der Waals surface area contributed by atoms with Gasteiger partial charge < -0.3 is 5.73 Å². The van der Waals surface area contributed by atoms with Gasteiger partial charge in [-0.05, 0) is 25.5 Å². The smallest absolute Gasteiger partial charge is 0.0767 e. The Morgan fingerprint density at radius 2 is 2.43 bits per heavy atom. The predicted octanol–water partition coefficient (Wildman–Crippen LogP) is 1.76. The molecule has 0 saturated carbocycles. The highest BCUT2D eigenvalue weighted by Gasteiger charge is 2.37. The summed E-state index contributed by atoms with van der Waals surface area (Å²) in [4.78, 5) is 8.32. The highest BCUT2D eigenvalue weighted by molar-refractivity contribution is 8.00. The molecule has 0 aromatic carbocycles. The molecular formula is C10H15N3S. The highest BCUT2D eigenvalue weighted by Crippen LogP contribution is 2.44. The zero-order valence-corrected chi connectivity index (χ0v) is 9.13. The number of hydrogen-bond donors (Lipinski definition) is 1. The molecule has 1 aliphatic rings. The lowest BCUT2D eigenvalue weighted by Gasteiger charge is -2.29. The summed E-state index contributed by atoms with van der Waals surface area (Å²) in [5, 5.41) is 0. The van der Waals surface area contributed by atoms with Gasteiger partial charge >= 0.3 is 0 Å². The zero-order valence-electron chi connectivity index (χ0n) is 8.31. The van der Waals surface area contributed by atoms with E-state index < -0.39 is 0 Å². The first kappa shape index (κ1) is 9.93. The van der Waals surface area contributed by atoms with Crippen LogP contribution in [0.25, 0.3) is 0 Å². The van der Waals surface area contributed by atoms with Crippen LogP contribution >= 0.6 is 11.8 Å². The lowest BCUT2D eigenvalue weighted by Crippen LogP contribution is -2.33. The Kier molecular flexibility index (Phi) is 2.74. The summed E-state index contributed by atoms with van der Waals surface area (Å²) in [7, 11) is 0. The molecule has 1 aromatic rings. The van der Waals surface area contributed by atoms with Gasteiger partial charge in [0.1, 0.15) is 0 Å². The molecule has 1 saturated heterocycles. The van der Waals surface area contributed by atoms with Gasteiger partial charge in [-0.25, -0.2) is 0 Å². The molecule has 0 aliphatic carbocycles. The van der Waals surface area contributed by atoms with E-state index in [0.717, 1.165) is 5.69 Å². The van der Waals surface area contributed by atoms with Gasteiger partial charge in [-0.1, -0.05) is 0 Å². The molecular weight excluding hydrogens is 194 g/mol. The largest absolute Gasteiger partial charge is 0.321 e. The second-order valence-electron chi connectivity index (χ2n) is 3.87. The first-order valence-electron chi connectivity index (χ1n) is 4.88. The van der Waals surface area contributed by atoms with Crippen molar-refractivity contribution >= 4 is 11.8 Å². The number of nitrogens with zero attached hydrogens (tertiary/aromatic N) is 2. The number of nitrogens with two attached hydrogens (primary N) is 1. The fourth-order valence-electron chi connectivity index (χ4n) is 1.83. The number of aromatic nitrogens is 2. The van der Waals surface area contributed by atoms with Crippen molar-refractivity contribution in [1.29, 1.82) is 0 Å². The molecule has 1 aromatic heterocycles. The molecule has 1 aliphatic heterocycles. The molecule has 14 heavy (non-hydrogen) atoms. The van der Waals surface area contributed by atoms with Gasteiger partial charge in [-0.3, -0.25) is 9.97 Å². The van der Waals surface area contributed by atoms with Gasteiger partial charge in [0.05, 0.1) is 17.9 Å². The van der Waals surface area contributed by atoms with Gasteiger partial charge in [-0.15, -0.1) is 0 Å². The van der Waals surface area contributed by atoms with Crippen molar-refractivity contribution in [1.82, 2.24) is 9.97 Å². The van der Waals surface area contributed by atoms with Gasteiger partial charge in [-0.2, -0.15) is 11.8 Å². The van der Waals surface area contributed by atoms with Crippen LogP contribution in [0.5, 0.6) is 0 Å². The maximum absolute atomic E-state index is 6.21. The summed E-state index contributed by atoms with van der Waals surface area (Å²) in [6.45, 7) is 2.23. The van der Waals surface area contributed by atoms with E-state index in [1.54, 1.807) is 18.6 Å². The molecule has 0 spiro atoms. The van der Waals surface area contributed by atoms with E-state index in [0.29, 0.717) is 0 Å². The molecule has 2 rings (SSSR count). The molecule has 0 radical (unpaired) electrons. The molecule has 76 valence electrons. The third-order valence-electron chi connectivity index (χ3n) is 2.81. The second-order valence-corrected chi connectivity index (χ2v) is 5.50. The molecule has 4 heteroatoms.